The molecule has 1 atom stereocenters. The molecule has 0 aromatic rings. The standard InChI is InChI=1S/C7H11NO2/c1-2-7(9)8-6-3-4-10-5-6/h2,6H,1,3-5H2,(H,8,9)/t6-/m1/s1. The molecule has 0 aliphatic carbocycles. The summed E-state index contributed by atoms with van der Waals surface area (Å²) in [5, 5.41) is 2.75. The third-order valence-electron chi connectivity index (χ3n) is 1.46. The molecule has 1 saturated heterocycles. The van der Waals surface area contributed by atoms with Crippen molar-refractivity contribution in [2.75, 3.05) is 13.2 Å². The minimum atomic E-state index is -0.115. The lowest BCUT2D eigenvalue weighted by Gasteiger charge is -2.06. The van der Waals surface area contributed by atoms with Crippen LogP contribution in [0.2, 0.25) is 0 Å². The highest BCUT2D eigenvalue weighted by Gasteiger charge is 2.15. The Morgan fingerprint density at radius 1 is 1.80 bits per heavy atom. The zero-order chi connectivity index (χ0) is 7.40. The largest absolute Gasteiger partial charge is 0.379 e. The highest BCUT2D eigenvalue weighted by atomic mass is 16.5. The molecule has 0 unspecified atom stereocenters. The van der Waals surface area contributed by atoms with Crippen LogP contribution in [0.4, 0.5) is 0 Å². The summed E-state index contributed by atoms with van der Waals surface area (Å²) < 4.78 is 5.05. The van der Waals surface area contributed by atoms with E-state index < -0.39 is 0 Å². The molecular weight excluding hydrogens is 130 g/mol. The van der Waals surface area contributed by atoms with E-state index >= 15 is 0 Å². The lowest BCUT2D eigenvalue weighted by molar-refractivity contribution is -0.117. The van der Waals surface area contributed by atoms with Crippen LogP contribution in [-0.4, -0.2) is 25.2 Å². The molecule has 1 N–H and O–H groups in total. The van der Waals surface area contributed by atoms with Crippen molar-refractivity contribution >= 4 is 5.91 Å². The van der Waals surface area contributed by atoms with E-state index in [2.05, 4.69) is 11.9 Å². The van der Waals surface area contributed by atoms with Gasteiger partial charge in [0, 0.05) is 6.61 Å². The normalized spacial score (nSPS) is 24.2. The second kappa shape index (κ2) is 3.37. The zero-order valence-corrected chi connectivity index (χ0v) is 5.80. The van der Waals surface area contributed by atoms with Crippen molar-refractivity contribution in [3.05, 3.63) is 12.7 Å². The fourth-order valence-corrected chi connectivity index (χ4v) is 0.908. The summed E-state index contributed by atoms with van der Waals surface area (Å²) in [4.78, 5) is 10.7. The van der Waals surface area contributed by atoms with Gasteiger partial charge in [-0.3, -0.25) is 4.79 Å². The summed E-state index contributed by atoms with van der Waals surface area (Å²) in [6, 6.07) is 0.200. The summed E-state index contributed by atoms with van der Waals surface area (Å²) in [6.45, 7) is 4.74. The second-order valence-electron chi connectivity index (χ2n) is 2.27. The molecule has 1 fully saturated rings. The van der Waals surface area contributed by atoms with Gasteiger partial charge >= 0.3 is 0 Å². The van der Waals surface area contributed by atoms with Gasteiger partial charge in [0.2, 0.25) is 5.91 Å². The molecule has 0 radical (unpaired) electrons. The van der Waals surface area contributed by atoms with Gasteiger partial charge in [-0.15, -0.1) is 0 Å². The number of nitrogens with one attached hydrogen (secondary N) is 1. The molecule has 0 aromatic heterocycles. The molecule has 0 bridgehead atoms. The Bertz CT molecular complexity index is 139. The maximum Gasteiger partial charge on any atom is 0.243 e. The number of hydrogen-bond donors (Lipinski definition) is 1. The Hall–Kier alpha value is -0.830. The van der Waals surface area contributed by atoms with Crippen LogP contribution in [0, 0.1) is 0 Å². The summed E-state index contributed by atoms with van der Waals surface area (Å²) >= 11 is 0. The van der Waals surface area contributed by atoms with Crippen molar-refractivity contribution in [3.63, 3.8) is 0 Å². The van der Waals surface area contributed by atoms with Crippen LogP contribution in [0.1, 0.15) is 6.42 Å². The Morgan fingerprint density at radius 2 is 2.60 bits per heavy atom. The summed E-state index contributed by atoms with van der Waals surface area (Å²) in [5.41, 5.74) is 0. The van der Waals surface area contributed by atoms with E-state index in [4.69, 9.17) is 4.74 Å². The molecule has 3 heteroatoms. The van der Waals surface area contributed by atoms with Crippen LogP contribution >= 0.6 is 0 Å². The number of carbonyl (C=O) groups is 1. The Kier molecular flexibility index (Phi) is 2.45. The van der Waals surface area contributed by atoms with Crippen molar-refractivity contribution in [1.29, 1.82) is 0 Å². The summed E-state index contributed by atoms with van der Waals surface area (Å²) in [5.74, 6) is -0.115. The Morgan fingerprint density at radius 3 is 3.10 bits per heavy atom. The highest BCUT2D eigenvalue weighted by Crippen LogP contribution is 2.02. The minimum Gasteiger partial charge on any atom is -0.379 e. The maximum atomic E-state index is 10.7. The topological polar surface area (TPSA) is 38.3 Å². The van der Waals surface area contributed by atoms with Gasteiger partial charge in [0.05, 0.1) is 12.6 Å². The third kappa shape index (κ3) is 1.84. The van der Waals surface area contributed by atoms with Crippen LogP contribution in [0.3, 0.4) is 0 Å². The molecule has 0 spiro atoms. The quantitative estimate of drug-likeness (QED) is 0.553. The van der Waals surface area contributed by atoms with Crippen LogP contribution < -0.4 is 5.32 Å². The molecule has 1 aliphatic heterocycles. The molecule has 3 nitrogen and oxygen atoms in total. The van der Waals surface area contributed by atoms with Gasteiger partial charge in [0.15, 0.2) is 0 Å². The number of hydrogen-bond acceptors (Lipinski definition) is 2. The SMILES string of the molecule is C=CC(=O)N[C@@H]1CCOC1. The first-order chi connectivity index (χ1) is 4.83. The van der Waals surface area contributed by atoms with E-state index in [0.29, 0.717) is 6.61 Å². The van der Waals surface area contributed by atoms with Crippen LogP contribution in [0.15, 0.2) is 12.7 Å². The number of rotatable bonds is 2. The predicted molar refractivity (Wildman–Crippen MR) is 37.6 cm³/mol. The average Bonchev–Trinajstić information content (AvgIpc) is 2.40. The van der Waals surface area contributed by atoms with Crippen molar-refractivity contribution in [2.45, 2.75) is 12.5 Å². The van der Waals surface area contributed by atoms with Crippen molar-refractivity contribution in [2.24, 2.45) is 0 Å². The first-order valence-corrected chi connectivity index (χ1v) is 3.33. The molecule has 56 valence electrons. The van der Waals surface area contributed by atoms with Gasteiger partial charge in [-0.2, -0.15) is 0 Å². The van der Waals surface area contributed by atoms with Gasteiger partial charge in [-0.05, 0) is 12.5 Å². The van der Waals surface area contributed by atoms with Gasteiger partial charge in [-0.25, -0.2) is 0 Å². The van der Waals surface area contributed by atoms with Crippen LogP contribution in [-0.2, 0) is 9.53 Å². The van der Waals surface area contributed by atoms with E-state index in [1.165, 1.54) is 6.08 Å². The van der Waals surface area contributed by atoms with Crippen molar-refractivity contribution in [3.8, 4) is 0 Å². The molecule has 0 saturated carbocycles. The molecule has 10 heavy (non-hydrogen) atoms. The molecular formula is C7H11NO2. The smallest absolute Gasteiger partial charge is 0.243 e. The molecule has 1 amide bonds. The van der Waals surface area contributed by atoms with E-state index in [1.807, 2.05) is 0 Å². The summed E-state index contributed by atoms with van der Waals surface area (Å²) in [6.07, 6.45) is 2.19. The van der Waals surface area contributed by atoms with E-state index in [1.54, 1.807) is 0 Å². The third-order valence-corrected chi connectivity index (χ3v) is 1.46. The van der Waals surface area contributed by atoms with Crippen molar-refractivity contribution in [1.82, 2.24) is 5.32 Å². The van der Waals surface area contributed by atoms with E-state index in [9.17, 15) is 4.79 Å². The summed E-state index contributed by atoms with van der Waals surface area (Å²) in [7, 11) is 0. The highest BCUT2D eigenvalue weighted by molar-refractivity contribution is 5.87. The molecule has 1 heterocycles. The molecule has 1 rings (SSSR count). The Labute approximate surface area is 60.1 Å². The lowest BCUT2D eigenvalue weighted by atomic mass is 10.2. The zero-order valence-electron chi connectivity index (χ0n) is 5.80. The van der Waals surface area contributed by atoms with Gasteiger partial charge in [0.25, 0.3) is 0 Å². The van der Waals surface area contributed by atoms with Crippen molar-refractivity contribution < 1.29 is 9.53 Å². The van der Waals surface area contributed by atoms with E-state index in [-0.39, 0.29) is 11.9 Å². The number of amides is 1. The fourth-order valence-electron chi connectivity index (χ4n) is 0.908. The number of ether oxygens (including phenoxy) is 1. The van der Waals surface area contributed by atoms with Gasteiger partial charge in [0.1, 0.15) is 0 Å². The maximum absolute atomic E-state index is 10.7. The van der Waals surface area contributed by atoms with E-state index in [0.717, 1.165) is 13.0 Å². The van der Waals surface area contributed by atoms with Gasteiger partial charge < -0.3 is 10.1 Å². The average molecular weight is 141 g/mol. The van der Waals surface area contributed by atoms with Crippen LogP contribution in [0.5, 0.6) is 0 Å². The predicted octanol–water partition coefficient (Wildman–Crippen LogP) is 0.0775. The molecule has 1 aliphatic rings. The first-order valence-electron chi connectivity index (χ1n) is 3.33. The minimum absolute atomic E-state index is 0.115. The fraction of sp³-hybridized carbons (Fsp3) is 0.571. The first kappa shape index (κ1) is 7.28. The van der Waals surface area contributed by atoms with Crippen LogP contribution in [0.25, 0.3) is 0 Å². The Balaban J connectivity index is 2.23. The second-order valence-corrected chi connectivity index (χ2v) is 2.27. The lowest BCUT2D eigenvalue weighted by Crippen LogP contribution is -2.33. The van der Waals surface area contributed by atoms with Gasteiger partial charge in [-0.1, -0.05) is 6.58 Å². The monoisotopic (exact) mass is 141 g/mol. The number of carbonyl (C=O) groups excluding carboxylic acids is 1. The molecule has 0 aromatic carbocycles.